The molecule has 4 rings (SSSR count). The van der Waals surface area contributed by atoms with Gasteiger partial charge in [-0.05, 0) is 30.8 Å². The van der Waals surface area contributed by atoms with Crippen LogP contribution >= 0.6 is 0 Å². The number of rotatable bonds is 1. The highest BCUT2D eigenvalue weighted by atomic mass is 16.3. The van der Waals surface area contributed by atoms with Crippen LogP contribution in [0.1, 0.15) is 17.2 Å². The molecule has 0 saturated heterocycles. The molecular formula is C19H17NO. The molecule has 1 unspecified atom stereocenters. The van der Waals surface area contributed by atoms with Crippen molar-refractivity contribution in [3.05, 3.63) is 72.0 Å². The smallest absolute Gasteiger partial charge is 0.141 e. The maximum Gasteiger partial charge on any atom is 0.141 e. The van der Waals surface area contributed by atoms with Crippen molar-refractivity contribution in [1.82, 2.24) is 4.90 Å². The predicted molar refractivity (Wildman–Crippen MR) is 87.2 cm³/mol. The van der Waals surface area contributed by atoms with E-state index >= 15 is 0 Å². The molecule has 1 aromatic heterocycles. The van der Waals surface area contributed by atoms with Crippen LogP contribution in [0.2, 0.25) is 0 Å². The van der Waals surface area contributed by atoms with Gasteiger partial charge in [-0.2, -0.15) is 0 Å². The standard InChI is InChI=1S/C19H17NO/c1-13-9-10-14-15-6-5-7-16(19(15)21-18(14)12-13)17-8-3-4-11-20(17)2/h3-12,17H,1-2H3. The second-order valence-electron chi connectivity index (χ2n) is 5.66. The highest BCUT2D eigenvalue weighted by Gasteiger charge is 2.19. The summed E-state index contributed by atoms with van der Waals surface area (Å²) in [6, 6.07) is 13.0. The largest absolute Gasteiger partial charge is 0.456 e. The van der Waals surface area contributed by atoms with Crippen molar-refractivity contribution in [3.8, 4) is 0 Å². The molecule has 0 bridgehead atoms. The first-order valence-corrected chi connectivity index (χ1v) is 7.23. The summed E-state index contributed by atoms with van der Waals surface area (Å²) < 4.78 is 6.18. The molecule has 3 aromatic rings. The fourth-order valence-electron chi connectivity index (χ4n) is 3.07. The molecule has 2 heterocycles. The fraction of sp³-hybridized carbons (Fsp3) is 0.158. The normalized spacial score (nSPS) is 18.0. The van der Waals surface area contributed by atoms with Crippen molar-refractivity contribution in [2.45, 2.75) is 13.0 Å². The maximum absolute atomic E-state index is 6.18. The molecule has 2 aromatic carbocycles. The molecule has 1 aliphatic heterocycles. The van der Waals surface area contributed by atoms with Crippen molar-refractivity contribution in [3.63, 3.8) is 0 Å². The Balaban J connectivity index is 2.00. The zero-order valence-electron chi connectivity index (χ0n) is 12.2. The van der Waals surface area contributed by atoms with Gasteiger partial charge in [0.25, 0.3) is 0 Å². The van der Waals surface area contributed by atoms with Crippen LogP contribution in [0.3, 0.4) is 0 Å². The van der Waals surface area contributed by atoms with E-state index in [1.165, 1.54) is 21.9 Å². The Morgan fingerprint density at radius 1 is 1.05 bits per heavy atom. The SMILES string of the molecule is Cc1ccc2c(c1)oc1c(C3C=CC=CN3C)cccc12. The molecule has 0 fully saturated rings. The van der Waals surface area contributed by atoms with Gasteiger partial charge in [0.2, 0.25) is 0 Å². The van der Waals surface area contributed by atoms with Gasteiger partial charge in [0.15, 0.2) is 0 Å². The summed E-state index contributed by atoms with van der Waals surface area (Å²) in [5, 5.41) is 2.38. The van der Waals surface area contributed by atoms with Crippen LogP contribution in [-0.4, -0.2) is 11.9 Å². The molecule has 21 heavy (non-hydrogen) atoms. The van der Waals surface area contributed by atoms with Gasteiger partial charge in [-0.3, -0.25) is 0 Å². The number of aryl methyl sites for hydroxylation is 1. The van der Waals surface area contributed by atoms with Gasteiger partial charge in [-0.15, -0.1) is 0 Å². The molecule has 0 N–H and O–H groups in total. The molecule has 2 nitrogen and oxygen atoms in total. The second-order valence-corrected chi connectivity index (χ2v) is 5.66. The Kier molecular flexibility index (Phi) is 2.64. The molecular weight excluding hydrogens is 258 g/mol. The lowest BCUT2D eigenvalue weighted by Gasteiger charge is -2.26. The Hall–Kier alpha value is -2.48. The van der Waals surface area contributed by atoms with E-state index < -0.39 is 0 Å². The molecule has 0 saturated carbocycles. The predicted octanol–water partition coefficient (Wildman–Crippen LogP) is 4.95. The molecule has 2 heteroatoms. The fourth-order valence-corrected chi connectivity index (χ4v) is 3.07. The van der Waals surface area contributed by atoms with Crippen molar-refractivity contribution < 1.29 is 4.42 Å². The number of fused-ring (bicyclic) bond motifs is 3. The zero-order valence-corrected chi connectivity index (χ0v) is 12.2. The Labute approximate surface area is 124 Å². The Morgan fingerprint density at radius 2 is 1.95 bits per heavy atom. The topological polar surface area (TPSA) is 16.4 Å². The first kappa shape index (κ1) is 12.3. The minimum atomic E-state index is 0.223. The minimum Gasteiger partial charge on any atom is -0.456 e. The maximum atomic E-state index is 6.18. The summed E-state index contributed by atoms with van der Waals surface area (Å²) in [6.45, 7) is 2.09. The monoisotopic (exact) mass is 275 g/mol. The number of benzene rings is 2. The minimum absolute atomic E-state index is 0.223. The Morgan fingerprint density at radius 3 is 2.81 bits per heavy atom. The number of para-hydroxylation sites is 1. The molecule has 104 valence electrons. The number of likely N-dealkylation sites (N-methyl/N-ethyl adjacent to an activating group) is 1. The third-order valence-corrected chi connectivity index (χ3v) is 4.17. The average Bonchev–Trinajstić information content (AvgIpc) is 2.85. The van der Waals surface area contributed by atoms with E-state index in [-0.39, 0.29) is 6.04 Å². The van der Waals surface area contributed by atoms with E-state index in [0.717, 1.165) is 11.2 Å². The highest BCUT2D eigenvalue weighted by molar-refractivity contribution is 6.06. The van der Waals surface area contributed by atoms with Crippen LogP contribution < -0.4 is 0 Å². The van der Waals surface area contributed by atoms with E-state index in [1.54, 1.807) is 0 Å². The zero-order chi connectivity index (χ0) is 14.4. The van der Waals surface area contributed by atoms with Crippen LogP contribution in [0, 0.1) is 6.92 Å². The van der Waals surface area contributed by atoms with Crippen LogP contribution in [0.15, 0.2) is 65.2 Å². The van der Waals surface area contributed by atoms with Crippen molar-refractivity contribution in [1.29, 1.82) is 0 Å². The first-order chi connectivity index (χ1) is 10.2. The van der Waals surface area contributed by atoms with Crippen molar-refractivity contribution in [2.24, 2.45) is 0 Å². The first-order valence-electron chi connectivity index (χ1n) is 7.23. The molecule has 0 amide bonds. The summed E-state index contributed by atoms with van der Waals surface area (Å²) >= 11 is 0. The summed E-state index contributed by atoms with van der Waals surface area (Å²) in [6.07, 6.45) is 8.44. The van der Waals surface area contributed by atoms with Gasteiger partial charge in [0, 0.05) is 23.4 Å². The number of furan rings is 1. The molecule has 0 spiro atoms. The number of hydrogen-bond donors (Lipinski definition) is 0. The molecule has 0 aliphatic carbocycles. The van der Waals surface area contributed by atoms with Crippen molar-refractivity contribution >= 4 is 21.9 Å². The van der Waals surface area contributed by atoms with Crippen LogP contribution in [0.25, 0.3) is 21.9 Å². The van der Waals surface area contributed by atoms with Gasteiger partial charge in [-0.1, -0.05) is 42.5 Å². The lowest BCUT2D eigenvalue weighted by molar-refractivity contribution is 0.389. The van der Waals surface area contributed by atoms with Crippen LogP contribution in [0.5, 0.6) is 0 Å². The van der Waals surface area contributed by atoms with Gasteiger partial charge in [0.05, 0.1) is 6.04 Å². The van der Waals surface area contributed by atoms with Gasteiger partial charge in [-0.25, -0.2) is 0 Å². The number of nitrogens with zero attached hydrogens (tertiary/aromatic N) is 1. The van der Waals surface area contributed by atoms with E-state index in [4.69, 9.17) is 4.42 Å². The lowest BCUT2D eigenvalue weighted by atomic mass is 10.0. The molecule has 1 aliphatic rings. The van der Waals surface area contributed by atoms with Gasteiger partial charge >= 0.3 is 0 Å². The molecule has 1 atom stereocenters. The number of allylic oxidation sites excluding steroid dienone is 2. The van der Waals surface area contributed by atoms with E-state index in [2.05, 4.69) is 79.7 Å². The Bertz CT molecular complexity index is 885. The van der Waals surface area contributed by atoms with Crippen LogP contribution in [0.4, 0.5) is 0 Å². The summed E-state index contributed by atoms with van der Waals surface area (Å²) in [5.74, 6) is 0. The van der Waals surface area contributed by atoms with E-state index in [1.807, 2.05) is 0 Å². The van der Waals surface area contributed by atoms with E-state index in [9.17, 15) is 0 Å². The average molecular weight is 275 g/mol. The highest BCUT2D eigenvalue weighted by Crippen LogP contribution is 2.36. The third kappa shape index (κ3) is 1.87. The number of hydrogen-bond acceptors (Lipinski definition) is 2. The van der Waals surface area contributed by atoms with Gasteiger partial charge < -0.3 is 9.32 Å². The van der Waals surface area contributed by atoms with Gasteiger partial charge in [0.1, 0.15) is 11.2 Å². The summed E-state index contributed by atoms with van der Waals surface area (Å²) in [5.41, 5.74) is 4.40. The van der Waals surface area contributed by atoms with Crippen molar-refractivity contribution in [2.75, 3.05) is 7.05 Å². The summed E-state index contributed by atoms with van der Waals surface area (Å²) in [7, 11) is 2.09. The third-order valence-electron chi connectivity index (χ3n) is 4.17. The van der Waals surface area contributed by atoms with E-state index in [0.29, 0.717) is 0 Å². The molecule has 0 radical (unpaired) electrons. The quantitative estimate of drug-likeness (QED) is 0.624. The summed E-state index contributed by atoms with van der Waals surface area (Å²) in [4.78, 5) is 2.20. The second kappa shape index (κ2) is 4.52. The van der Waals surface area contributed by atoms with Crippen LogP contribution in [-0.2, 0) is 0 Å². The lowest BCUT2D eigenvalue weighted by Crippen LogP contribution is -2.18.